The Balaban J connectivity index is 2.54. The topological polar surface area (TPSA) is 38.9 Å². The summed E-state index contributed by atoms with van der Waals surface area (Å²) in [6, 6.07) is 11.5. The molecule has 1 heterocycles. The lowest BCUT2D eigenvalue weighted by molar-refractivity contribution is 1.32. The summed E-state index contributed by atoms with van der Waals surface area (Å²) < 4.78 is 0. The van der Waals surface area contributed by atoms with E-state index in [0.717, 1.165) is 11.3 Å². The van der Waals surface area contributed by atoms with Crippen molar-refractivity contribution in [2.75, 3.05) is 5.73 Å². The van der Waals surface area contributed by atoms with Crippen LogP contribution in [-0.2, 0) is 0 Å². The minimum Gasteiger partial charge on any atom is -0.399 e. The fraction of sp³-hybridized carbons (Fsp3) is 0.0833. The van der Waals surface area contributed by atoms with Crippen molar-refractivity contribution < 1.29 is 0 Å². The van der Waals surface area contributed by atoms with Crippen LogP contribution in [0.25, 0.3) is 11.3 Å². The van der Waals surface area contributed by atoms with E-state index in [1.54, 1.807) is 6.07 Å². The van der Waals surface area contributed by atoms with Crippen LogP contribution in [0.4, 0.5) is 5.69 Å². The van der Waals surface area contributed by atoms with E-state index in [9.17, 15) is 0 Å². The van der Waals surface area contributed by atoms with Crippen molar-refractivity contribution in [3.63, 3.8) is 0 Å². The molecule has 1 aromatic heterocycles. The number of pyridine rings is 1. The molecule has 0 amide bonds. The van der Waals surface area contributed by atoms with Crippen LogP contribution < -0.4 is 5.73 Å². The molecule has 0 bridgehead atoms. The summed E-state index contributed by atoms with van der Waals surface area (Å²) in [4.78, 5) is 4.23. The van der Waals surface area contributed by atoms with Crippen molar-refractivity contribution in [1.82, 2.24) is 4.98 Å². The smallest absolute Gasteiger partial charge is 0.131 e. The van der Waals surface area contributed by atoms with Crippen LogP contribution in [0.5, 0.6) is 0 Å². The predicted molar refractivity (Wildman–Crippen MR) is 63.8 cm³/mol. The Morgan fingerprint density at radius 1 is 1.20 bits per heavy atom. The number of aryl methyl sites for hydroxylation is 1. The zero-order valence-corrected chi connectivity index (χ0v) is 9.12. The molecule has 0 spiro atoms. The average Bonchev–Trinajstić information content (AvgIpc) is 2.16. The van der Waals surface area contributed by atoms with Gasteiger partial charge in [0.05, 0.1) is 5.69 Å². The number of nitrogens with two attached hydrogens (primary N) is 1. The Kier molecular flexibility index (Phi) is 2.60. The van der Waals surface area contributed by atoms with Crippen molar-refractivity contribution in [1.29, 1.82) is 0 Å². The highest BCUT2D eigenvalue weighted by molar-refractivity contribution is 6.29. The minimum absolute atomic E-state index is 0.423. The Bertz CT molecular complexity index is 474. The summed E-state index contributed by atoms with van der Waals surface area (Å²) in [6.07, 6.45) is 0. The summed E-state index contributed by atoms with van der Waals surface area (Å²) in [5.74, 6) is 0. The van der Waals surface area contributed by atoms with Gasteiger partial charge in [-0.25, -0.2) is 4.98 Å². The van der Waals surface area contributed by atoms with E-state index in [2.05, 4.69) is 11.1 Å². The SMILES string of the molecule is Cc1cccc(-c2cc(N)cc(Cl)n2)c1. The third-order valence-corrected chi connectivity index (χ3v) is 2.32. The van der Waals surface area contributed by atoms with Gasteiger partial charge in [0.2, 0.25) is 0 Å². The number of benzene rings is 1. The first-order valence-corrected chi connectivity index (χ1v) is 5.03. The molecule has 2 aromatic rings. The number of rotatable bonds is 1. The van der Waals surface area contributed by atoms with Crippen molar-refractivity contribution >= 4 is 17.3 Å². The Morgan fingerprint density at radius 3 is 2.67 bits per heavy atom. The average molecular weight is 219 g/mol. The molecular formula is C12H11ClN2. The summed E-state index contributed by atoms with van der Waals surface area (Å²) in [7, 11) is 0. The standard InChI is InChI=1S/C12H11ClN2/c1-8-3-2-4-9(5-8)11-6-10(14)7-12(13)15-11/h2-7H,1H3,(H2,14,15). The van der Waals surface area contributed by atoms with Gasteiger partial charge in [0.15, 0.2) is 0 Å². The second-order valence-electron chi connectivity index (χ2n) is 3.48. The molecule has 0 saturated heterocycles. The maximum Gasteiger partial charge on any atom is 0.131 e. The fourth-order valence-corrected chi connectivity index (χ4v) is 1.69. The second-order valence-corrected chi connectivity index (χ2v) is 3.87. The first-order chi connectivity index (χ1) is 7.15. The van der Waals surface area contributed by atoms with Gasteiger partial charge in [-0.15, -0.1) is 0 Å². The second kappa shape index (κ2) is 3.91. The van der Waals surface area contributed by atoms with Gasteiger partial charge in [-0.2, -0.15) is 0 Å². The highest BCUT2D eigenvalue weighted by atomic mass is 35.5. The number of halogens is 1. The van der Waals surface area contributed by atoms with Gasteiger partial charge < -0.3 is 5.73 Å². The lowest BCUT2D eigenvalue weighted by atomic mass is 10.1. The van der Waals surface area contributed by atoms with Crippen LogP contribution in [0, 0.1) is 6.92 Å². The van der Waals surface area contributed by atoms with Crippen molar-refractivity contribution in [2.24, 2.45) is 0 Å². The predicted octanol–water partition coefficient (Wildman–Crippen LogP) is 3.29. The molecule has 2 N–H and O–H groups in total. The van der Waals surface area contributed by atoms with Crippen LogP contribution in [0.3, 0.4) is 0 Å². The van der Waals surface area contributed by atoms with E-state index in [4.69, 9.17) is 17.3 Å². The molecular weight excluding hydrogens is 208 g/mol. The van der Waals surface area contributed by atoms with E-state index in [1.807, 2.05) is 31.2 Å². The maximum atomic E-state index is 5.85. The molecule has 76 valence electrons. The van der Waals surface area contributed by atoms with Gasteiger partial charge in [0.25, 0.3) is 0 Å². The van der Waals surface area contributed by atoms with Crippen molar-refractivity contribution in [3.05, 3.63) is 47.1 Å². The zero-order valence-electron chi connectivity index (χ0n) is 8.37. The zero-order chi connectivity index (χ0) is 10.8. The van der Waals surface area contributed by atoms with Gasteiger partial charge in [-0.05, 0) is 25.1 Å². The quantitative estimate of drug-likeness (QED) is 0.746. The van der Waals surface area contributed by atoms with Gasteiger partial charge >= 0.3 is 0 Å². The number of nitrogen functional groups attached to an aromatic ring is 1. The highest BCUT2D eigenvalue weighted by Gasteiger charge is 2.02. The van der Waals surface area contributed by atoms with E-state index < -0.39 is 0 Å². The van der Waals surface area contributed by atoms with Gasteiger partial charge in [0, 0.05) is 11.3 Å². The first-order valence-electron chi connectivity index (χ1n) is 4.65. The van der Waals surface area contributed by atoms with Crippen LogP contribution >= 0.6 is 11.6 Å². The maximum absolute atomic E-state index is 5.85. The number of aromatic nitrogens is 1. The molecule has 2 nitrogen and oxygen atoms in total. The first kappa shape index (κ1) is 9.99. The fourth-order valence-electron chi connectivity index (χ4n) is 1.47. The Labute approximate surface area is 93.7 Å². The number of anilines is 1. The van der Waals surface area contributed by atoms with Crippen LogP contribution in [-0.4, -0.2) is 4.98 Å². The number of nitrogens with zero attached hydrogens (tertiary/aromatic N) is 1. The third kappa shape index (κ3) is 2.28. The molecule has 0 saturated carbocycles. The normalized spacial score (nSPS) is 10.3. The number of hydrogen-bond acceptors (Lipinski definition) is 2. The van der Waals surface area contributed by atoms with E-state index >= 15 is 0 Å². The monoisotopic (exact) mass is 218 g/mol. The molecule has 0 aliphatic heterocycles. The molecule has 0 atom stereocenters. The number of hydrogen-bond donors (Lipinski definition) is 1. The highest BCUT2D eigenvalue weighted by Crippen LogP contribution is 2.22. The van der Waals surface area contributed by atoms with Gasteiger partial charge in [-0.1, -0.05) is 35.4 Å². The van der Waals surface area contributed by atoms with Gasteiger partial charge in [-0.3, -0.25) is 0 Å². The van der Waals surface area contributed by atoms with Crippen molar-refractivity contribution in [3.8, 4) is 11.3 Å². The molecule has 0 radical (unpaired) electrons. The molecule has 15 heavy (non-hydrogen) atoms. The van der Waals surface area contributed by atoms with Crippen LogP contribution in [0.1, 0.15) is 5.56 Å². The summed E-state index contributed by atoms with van der Waals surface area (Å²) in [5.41, 5.74) is 9.37. The molecule has 0 aliphatic carbocycles. The molecule has 0 aliphatic rings. The molecule has 3 heteroatoms. The summed E-state index contributed by atoms with van der Waals surface area (Å²) in [6.45, 7) is 2.04. The van der Waals surface area contributed by atoms with Crippen molar-refractivity contribution in [2.45, 2.75) is 6.92 Å². The Morgan fingerprint density at radius 2 is 2.00 bits per heavy atom. The van der Waals surface area contributed by atoms with E-state index in [1.165, 1.54) is 5.56 Å². The molecule has 0 fully saturated rings. The summed E-state index contributed by atoms with van der Waals surface area (Å²) >= 11 is 5.85. The lowest BCUT2D eigenvalue weighted by Crippen LogP contribution is -1.90. The molecule has 0 unspecified atom stereocenters. The summed E-state index contributed by atoms with van der Waals surface area (Å²) in [5, 5.41) is 0.423. The minimum atomic E-state index is 0.423. The molecule has 1 aromatic carbocycles. The van der Waals surface area contributed by atoms with E-state index in [0.29, 0.717) is 10.8 Å². The van der Waals surface area contributed by atoms with E-state index in [-0.39, 0.29) is 0 Å². The third-order valence-electron chi connectivity index (χ3n) is 2.13. The Hall–Kier alpha value is -1.54. The molecule has 2 rings (SSSR count). The largest absolute Gasteiger partial charge is 0.399 e. The van der Waals surface area contributed by atoms with Gasteiger partial charge in [0.1, 0.15) is 5.15 Å². The van der Waals surface area contributed by atoms with Crippen LogP contribution in [0.15, 0.2) is 36.4 Å². The van der Waals surface area contributed by atoms with Crippen LogP contribution in [0.2, 0.25) is 5.15 Å². The lowest BCUT2D eigenvalue weighted by Gasteiger charge is -2.03.